The molecule has 7 atom stereocenters. The maximum absolute atomic E-state index is 15.3. The third kappa shape index (κ3) is 2.25. The molecular formula is C20H24FNO2. The fraction of sp³-hybridized carbons (Fsp3) is 0.650. The molecular weight excluding hydrogens is 305 g/mol. The van der Waals surface area contributed by atoms with Crippen LogP contribution >= 0.6 is 0 Å². The zero-order chi connectivity index (χ0) is 17.1. The van der Waals surface area contributed by atoms with E-state index in [1.807, 2.05) is 6.07 Å². The first kappa shape index (κ1) is 15.9. The van der Waals surface area contributed by atoms with Crippen molar-refractivity contribution >= 4 is 0 Å². The first-order chi connectivity index (χ1) is 11.4. The number of aliphatic hydroxyl groups excluding tert-OH is 1. The number of benzene rings is 1. The molecule has 128 valence electrons. The SMILES string of the molecule is C[C@@]12C[C@@H](O)C[C@H]1[C@@H]1[C@H](CC#N)Cc3cc(O)ccc3[C@H]1[C@@H](F)C2. The summed E-state index contributed by atoms with van der Waals surface area (Å²) in [6.45, 7) is 2.12. The van der Waals surface area contributed by atoms with E-state index in [1.54, 1.807) is 12.1 Å². The van der Waals surface area contributed by atoms with Gasteiger partial charge in [0, 0.05) is 12.3 Å². The van der Waals surface area contributed by atoms with Gasteiger partial charge in [-0.3, -0.25) is 0 Å². The number of nitriles is 1. The Balaban J connectivity index is 1.82. The Bertz CT molecular complexity index is 699. The van der Waals surface area contributed by atoms with E-state index < -0.39 is 6.17 Å². The van der Waals surface area contributed by atoms with Gasteiger partial charge in [0.15, 0.2) is 0 Å². The van der Waals surface area contributed by atoms with Crippen molar-refractivity contribution in [2.45, 2.75) is 57.2 Å². The molecule has 3 aliphatic carbocycles. The zero-order valence-electron chi connectivity index (χ0n) is 14.0. The van der Waals surface area contributed by atoms with E-state index in [0.29, 0.717) is 25.7 Å². The molecule has 3 nitrogen and oxygen atoms in total. The number of phenols is 1. The number of hydrogen-bond donors (Lipinski definition) is 2. The van der Waals surface area contributed by atoms with Gasteiger partial charge in [-0.15, -0.1) is 0 Å². The summed E-state index contributed by atoms with van der Waals surface area (Å²) >= 11 is 0. The molecule has 0 saturated heterocycles. The summed E-state index contributed by atoms with van der Waals surface area (Å²) in [5, 5.41) is 29.3. The highest BCUT2D eigenvalue weighted by Crippen LogP contribution is 2.63. The lowest BCUT2D eigenvalue weighted by molar-refractivity contribution is -0.0229. The van der Waals surface area contributed by atoms with Crippen LogP contribution < -0.4 is 0 Å². The molecule has 24 heavy (non-hydrogen) atoms. The van der Waals surface area contributed by atoms with Crippen LogP contribution in [0, 0.1) is 34.5 Å². The van der Waals surface area contributed by atoms with Gasteiger partial charge in [-0.2, -0.15) is 5.26 Å². The van der Waals surface area contributed by atoms with Crippen molar-refractivity contribution in [3.05, 3.63) is 29.3 Å². The monoisotopic (exact) mass is 329 g/mol. The molecule has 0 heterocycles. The minimum atomic E-state index is -0.952. The highest BCUT2D eigenvalue weighted by atomic mass is 19.1. The molecule has 0 bridgehead atoms. The predicted octanol–water partition coefficient (Wildman–Crippen LogP) is 3.70. The van der Waals surface area contributed by atoms with Gasteiger partial charge in [-0.25, -0.2) is 4.39 Å². The lowest BCUT2D eigenvalue weighted by Gasteiger charge is -2.53. The molecule has 3 aliphatic rings. The zero-order valence-corrected chi connectivity index (χ0v) is 14.0. The number of fused-ring (bicyclic) bond motifs is 5. The maximum atomic E-state index is 15.3. The van der Waals surface area contributed by atoms with E-state index in [4.69, 9.17) is 0 Å². The number of hydrogen-bond acceptors (Lipinski definition) is 3. The van der Waals surface area contributed by atoms with E-state index in [1.165, 1.54) is 0 Å². The Hall–Kier alpha value is -1.60. The first-order valence-electron chi connectivity index (χ1n) is 8.94. The minimum absolute atomic E-state index is 0.0995. The molecule has 4 rings (SSSR count). The maximum Gasteiger partial charge on any atom is 0.115 e. The van der Waals surface area contributed by atoms with Crippen LogP contribution in [-0.2, 0) is 6.42 Å². The van der Waals surface area contributed by atoms with Gasteiger partial charge in [0.1, 0.15) is 11.9 Å². The van der Waals surface area contributed by atoms with Crippen molar-refractivity contribution in [3.63, 3.8) is 0 Å². The topological polar surface area (TPSA) is 64.2 Å². The lowest BCUT2D eigenvalue weighted by Crippen LogP contribution is -2.48. The van der Waals surface area contributed by atoms with E-state index in [-0.39, 0.29) is 40.9 Å². The highest BCUT2D eigenvalue weighted by Gasteiger charge is 2.58. The van der Waals surface area contributed by atoms with Gasteiger partial charge in [-0.1, -0.05) is 13.0 Å². The number of halogens is 1. The fourth-order valence-corrected chi connectivity index (χ4v) is 6.13. The summed E-state index contributed by atoms with van der Waals surface area (Å²) in [6.07, 6.45) is 1.69. The second-order valence-electron chi connectivity index (χ2n) is 8.39. The number of phenolic OH excluding ortho intramolecular Hbond substituents is 1. The fourth-order valence-electron chi connectivity index (χ4n) is 6.13. The van der Waals surface area contributed by atoms with Crippen molar-refractivity contribution in [2.24, 2.45) is 23.2 Å². The number of alkyl halides is 1. The van der Waals surface area contributed by atoms with Gasteiger partial charge in [0.25, 0.3) is 0 Å². The summed E-state index contributed by atoms with van der Waals surface area (Å²) in [7, 11) is 0. The highest BCUT2D eigenvalue weighted by molar-refractivity contribution is 5.41. The Morgan fingerprint density at radius 2 is 2.17 bits per heavy atom. The average Bonchev–Trinajstić information content (AvgIpc) is 2.80. The van der Waals surface area contributed by atoms with Gasteiger partial charge < -0.3 is 10.2 Å². The van der Waals surface area contributed by atoms with Crippen LogP contribution in [0.4, 0.5) is 4.39 Å². The van der Waals surface area contributed by atoms with Crippen molar-refractivity contribution < 1.29 is 14.6 Å². The standard InChI is InChI=1S/C20H24FNO2/c1-20-9-14(24)8-16(20)18-11(4-5-22)6-12-7-13(23)2-3-15(12)19(18)17(21)10-20/h2-3,7,11,14,16-19,23-24H,4,6,8-10H2,1H3/t11-,14+,16+,17+,18+,19+,20+/m1/s1. The van der Waals surface area contributed by atoms with Gasteiger partial charge in [0.2, 0.25) is 0 Å². The van der Waals surface area contributed by atoms with E-state index in [0.717, 1.165) is 17.5 Å². The smallest absolute Gasteiger partial charge is 0.115 e. The van der Waals surface area contributed by atoms with Crippen LogP contribution in [0.3, 0.4) is 0 Å². The minimum Gasteiger partial charge on any atom is -0.508 e. The van der Waals surface area contributed by atoms with Gasteiger partial charge in [-0.05, 0) is 72.1 Å². The molecule has 0 radical (unpaired) electrons. The Morgan fingerprint density at radius 1 is 1.38 bits per heavy atom. The molecule has 1 aromatic carbocycles. The van der Waals surface area contributed by atoms with Crippen LogP contribution in [0.25, 0.3) is 0 Å². The van der Waals surface area contributed by atoms with Crippen molar-refractivity contribution in [1.82, 2.24) is 0 Å². The molecule has 2 fully saturated rings. The molecule has 0 amide bonds. The molecule has 2 N–H and O–H groups in total. The molecule has 4 heteroatoms. The van der Waals surface area contributed by atoms with Crippen molar-refractivity contribution in [1.29, 1.82) is 5.26 Å². The Kier molecular flexibility index (Phi) is 3.61. The van der Waals surface area contributed by atoms with Crippen molar-refractivity contribution in [3.8, 4) is 11.8 Å². The third-order valence-electron chi connectivity index (χ3n) is 6.92. The summed E-state index contributed by atoms with van der Waals surface area (Å²) < 4.78 is 15.3. The van der Waals surface area contributed by atoms with Crippen LogP contribution in [-0.4, -0.2) is 22.5 Å². The van der Waals surface area contributed by atoms with Crippen molar-refractivity contribution in [2.75, 3.05) is 0 Å². The second-order valence-corrected chi connectivity index (χ2v) is 8.39. The summed E-state index contributed by atoms with van der Waals surface area (Å²) in [6, 6.07) is 7.53. The molecule has 0 aliphatic heterocycles. The van der Waals surface area contributed by atoms with Gasteiger partial charge >= 0.3 is 0 Å². The lowest BCUT2D eigenvalue weighted by atomic mass is 9.52. The van der Waals surface area contributed by atoms with Gasteiger partial charge in [0.05, 0.1) is 12.2 Å². The number of rotatable bonds is 1. The third-order valence-corrected chi connectivity index (χ3v) is 6.92. The van der Waals surface area contributed by atoms with E-state index >= 15 is 4.39 Å². The van der Waals surface area contributed by atoms with Crippen LogP contribution in [0.2, 0.25) is 0 Å². The average molecular weight is 329 g/mol. The first-order valence-corrected chi connectivity index (χ1v) is 8.94. The van der Waals surface area contributed by atoms with Crippen LogP contribution in [0.1, 0.15) is 49.7 Å². The molecule has 2 saturated carbocycles. The Labute approximate surface area is 142 Å². The van der Waals surface area contributed by atoms with Crippen LogP contribution in [0.15, 0.2) is 18.2 Å². The number of nitrogens with zero attached hydrogens (tertiary/aromatic N) is 1. The largest absolute Gasteiger partial charge is 0.508 e. The molecule has 1 aromatic rings. The second kappa shape index (κ2) is 5.46. The molecule has 0 unspecified atom stereocenters. The summed E-state index contributed by atoms with van der Waals surface area (Å²) in [4.78, 5) is 0. The quantitative estimate of drug-likeness (QED) is 0.826. The predicted molar refractivity (Wildman–Crippen MR) is 88.1 cm³/mol. The number of aliphatic hydroxyl groups is 1. The van der Waals surface area contributed by atoms with E-state index in [2.05, 4.69) is 13.0 Å². The molecule has 0 aromatic heterocycles. The Morgan fingerprint density at radius 3 is 2.92 bits per heavy atom. The summed E-state index contributed by atoms with van der Waals surface area (Å²) in [5.41, 5.74) is 1.83. The van der Waals surface area contributed by atoms with E-state index in [9.17, 15) is 15.5 Å². The molecule has 0 spiro atoms. The number of aromatic hydroxyl groups is 1. The normalized spacial score (nSPS) is 43.4. The summed E-state index contributed by atoms with van der Waals surface area (Å²) in [5.74, 6) is 0.464. The van der Waals surface area contributed by atoms with Crippen LogP contribution in [0.5, 0.6) is 5.75 Å².